The Labute approximate surface area is 91.8 Å². The summed E-state index contributed by atoms with van der Waals surface area (Å²) in [6.45, 7) is 7.50. The van der Waals surface area contributed by atoms with Crippen LogP contribution >= 0.6 is 11.8 Å². The van der Waals surface area contributed by atoms with Crippen LogP contribution in [0.3, 0.4) is 0 Å². The Morgan fingerprint density at radius 2 is 2.43 bits per heavy atom. The van der Waals surface area contributed by atoms with Gasteiger partial charge >= 0.3 is 0 Å². The molecule has 0 radical (unpaired) electrons. The number of thioether (sulfide) groups is 1. The van der Waals surface area contributed by atoms with E-state index >= 15 is 0 Å². The minimum atomic E-state index is 0.802. The lowest BCUT2D eigenvalue weighted by molar-refractivity contribution is 0.179. The van der Waals surface area contributed by atoms with Gasteiger partial charge in [0.15, 0.2) is 0 Å². The van der Waals surface area contributed by atoms with E-state index < -0.39 is 0 Å². The summed E-state index contributed by atoms with van der Waals surface area (Å²) < 4.78 is 0. The van der Waals surface area contributed by atoms with Gasteiger partial charge in [-0.05, 0) is 38.8 Å². The second-order valence-electron chi connectivity index (χ2n) is 4.63. The summed E-state index contributed by atoms with van der Waals surface area (Å²) in [6.07, 6.45) is 2.81. The molecule has 2 heterocycles. The maximum atomic E-state index is 3.51. The average molecular weight is 214 g/mol. The predicted octanol–water partition coefficient (Wildman–Crippen LogP) is 1.42. The average Bonchev–Trinajstić information content (AvgIpc) is 2.23. The first kappa shape index (κ1) is 10.8. The van der Waals surface area contributed by atoms with E-state index in [9.17, 15) is 0 Å². The Kier molecular flexibility index (Phi) is 4.14. The Balaban J connectivity index is 1.76. The van der Waals surface area contributed by atoms with Crippen LogP contribution in [0.4, 0.5) is 0 Å². The van der Waals surface area contributed by atoms with Crippen molar-refractivity contribution in [1.82, 2.24) is 10.2 Å². The first-order chi connectivity index (χ1) is 6.86. The maximum absolute atomic E-state index is 3.51. The second kappa shape index (κ2) is 5.38. The molecule has 14 heavy (non-hydrogen) atoms. The molecular weight excluding hydrogens is 192 g/mol. The molecule has 1 N–H and O–H groups in total. The first-order valence-electron chi connectivity index (χ1n) is 5.89. The molecule has 2 unspecified atom stereocenters. The van der Waals surface area contributed by atoms with Crippen molar-refractivity contribution < 1.29 is 0 Å². The Bertz CT molecular complexity index is 169. The molecular formula is C11H22N2S. The fourth-order valence-electron chi connectivity index (χ4n) is 2.44. The van der Waals surface area contributed by atoms with Crippen molar-refractivity contribution in [3.8, 4) is 0 Å². The van der Waals surface area contributed by atoms with Crippen molar-refractivity contribution in [2.45, 2.75) is 25.8 Å². The van der Waals surface area contributed by atoms with Crippen molar-refractivity contribution in [2.75, 3.05) is 37.7 Å². The number of nitrogens with zero attached hydrogens (tertiary/aromatic N) is 1. The van der Waals surface area contributed by atoms with Crippen LogP contribution in [0.2, 0.25) is 0 Å². The minimum absolute atomic E-state index is 0.802. The highest BCUT2D eigenvalue weighted by molar-refractivity contribution is 7.99. The molecule has 0 aromatic carbocycles. The molecule has 0 bridgehead atoms. The van der Waals surface area contributed by atoms with Crippen LogP contribution in [0.25, 0.3) is 0 Å². The van der Waals surface area contributed by atoms with Crippen molar-refractivity contribution in [2.24, 2.45) is 5.92 Å². The third-order valence-corrected chi connectivity index (χ3v) is 4.59. The normalized spacial score (nSPS) is 35.8. The van der Waals surface area contributed by atoms with E-state index in [0.717, 1.165) is 12.0 Å². The monoisotopic (exact) mass is 214 g/mol. The molecule has 2 aliphatic heterocycles. The summed E-state index contributed by atoms with van der Waals surface area (Å²) in [5.74, 6) is 3.58. The molecule has 0 amide bonds. The van der Waals surface area contributed by atoms with Gasteiger partial charge < -0.3 is 5.32 Å². The van der Waals surface area contributed by atoms with E-state index in [0.29, 0.717) is 0 Å². The number of hydrogen-bond acceptors (Lipinski definition) is 3. The quantitative estimate of drug-likeness (QED) is 0.748. The van der Waals surface area contributed by atoms with E-state index in [2.05, 4.69) is 28.9 Å². The topological polar surface area (TPSA) is 15.3 Å². The molecule has 3 heteroatoms. The molecule has 0 saturated carbocycles. The summed E-state index contributed by atoms with van der Waals surface area (Å²) in [4.78, 5) is 2.69. The SMILES string of the molecule is CC1CSCCN1CC1CCCNC1. The molecule has 2 atom stereocenters. The summed E-state index contributed by atoms with van der Waals surface area (Å²) in [5.41, 5.74) is 0. The summed E-state index contributed by atoms with van der Waals surface area (Å²) in [7, 11) is 0. The third-order valence-electron chi connectivity index (χ3n) is 3.40. The van der Waals surface area contributed by atoms with Gasteiger partial charge in [0.1, 0.15) is 0 Å². The van der Waals surface area contributed by atoms with E-state index in [1.807, 2.05) is 0 Å². The van der Waals surface area contributed by atoms with E-state index in [-0.39, 0.29) is 0 Å². The van der Waals surface area contributed by atoms with Gasteiger partial charge in [-0.15, -0.1) is 0 Å². The molecule has 0 aromatic rings. The summed E-state index contributed by atoms with van der Waals surface area (Å²) in [6, 6.07) is 0.802. The summed E-state index contributed by atoms with van der Waals surface area (Å²) >= 11 is 2.11. The number of hydrogen-bond donors (Lipinski definition) is 1. The second-order valence-corrected chi connectivity index (χ2v) is 5.78. The van der Waals surface area contributed by atoms with Gasteiger partial charge in [-0.25, -0.2) is 0 Å². The smallest absolute Gasteiger partial charge is 0.0158 e. The van der Waals surface area contributed by atoms with Gasteiger partial charge in [0.25, 0.3) is 0 Å². The lowest BCUT2D eigenvalue weighted by Gasteiger charge is -2.36. The molecule has 0 aromatic heterocycles. The first-order valence-corrected chi connectivity index (χ1v) is 7.04. The zero-order chi connectivity index (χ0) is 9.80. The van der Waals surface area contributed by atoms with Crippen LogP contribution in [0.15, 0.2) is 0 Å². The van der Waals surface area contributed by atoms with Crippen molar-refractivity contribution >= 4 is 11.8 Å². The fraction of sp³-hybridized carbons (Fsp3) is 1.00. The molecule has 2 rings (SSSR count). The van der Waals surface area contributed by atoms with E-state index in [4.69, 9.17) is 0 Å². The molecule has 2 aliphatic rings. The van der Waals surface area contributed by atoms with Crippen LogP contribution in [-0.4, -0.2) is 48.6 Å². The van der Waals surface area contributed by atoms with Crippen molar-refractivity contribution in [3.05, 3.63) is 0 Å². The summed E-state index contributed by atoms with van der Waals surface area (Å²) in [5, 5.41) is 3.51. The van der Waals surface area contributed by atoms with Crippen LogP contribution in [-0.2, 0) is 0 Å². The van der Waals surface area contributed by atoms with Crippen LogP contribution in [0, 0.1) is 5.92 Å². The highest BCUT2D eigenvalue weighted by Gasteiger charge is 2.22. The lowest BCUT2D eigenvalue weighted by Crippen LogP contribution is -2.45. The molecule has 82 valence electrons. The largest absolute Gasteiger partial charge is 0.316 e. The Morgan fingerprint density at radius 1 is 1.50 bits per heavy atom. The zero-order valence-electron chi connectivity index (χ0n) is 9.17. The molecule has 0 spiro atoms. The van der Waals surface area contributed by atoms with Crippen molar-refractivity contribution in [3.63, 3.8) is 0 Å². The van der Waals surface area contributed by atoms with Gasteiger partial charge in [0, 0.05) is 30.6 Å². The van der Waals surface area contributed by atoms with E-state index in [1.54, 1.807) is 0 Å². The van der Waals surface area contributed by atoms with Crippen LogP contribution in [0.1, 0.15) is 19.8 Å². The van der Waals surface area contributed by atoms with Crippen LogP contribution < -0.4 is 5.32 Å². The van der Waals surface area contributed by atoms with E-state index in [1.165, 1.54) is 50.5 Å². The zero-order valence-corrected chi connectivity index (χ0v) is 9.98. The van der Waals surface area contributed by atoms with Gasteiger partial charge in [-0.1, -0.05) is 0 Å². The number of nitrogens with one attached hydrogen (secondary N) is 1. The van der Waals surface area contributed by atoms with Gasteiger partial charge in [-0.3, -0.25) is 4.90 Å². The maximum Gasteiger partial charge on any atom is 0.0158 e. The standard InChI is InChI=1S/C11H22N2S/c1-10-9-14-6-5-13(10)8-11-3-2-4-12-7-11/h10-12H,2-9H2,1H3. The predicted molar refractivity (Wildman–Crippen MR) is 64.0 cm³/mol. The van der Waals surface area contributed by atoms with Gasteiger partial charge in [-0.2, -0.15) is 11.8 Å². The molecule has 2 fully saturated rings. The van der Waals surface area contributed by atoms with Gasteiger partial charge in [0.05, 0.1) is 0 Å². The fourth-order valence-corrected chi connectivity index (χ4v) is 3.53. The highest BCUT2D eigenvalue weighted by atomic mass is 32.2. The Morgan fingerprint density at radius 3 is 3.14 bits per heavy atom. The van der Waals surface area contributed by atoms with Gasteiger partial charge in [0.2, 0.25) is 0 Å². The molecule has 0 aliphatic carbocycles. The number of rotatable bonds is 2. The van der Waals surface area contributed by atoms with Crippen LogP contribution in [0.5, 0.6) is 0 Å². The molecule has 2 saturated heterocycles. The molecule has 2 nitrogen and oxygen atoms in total. The Hall–Kier alpha value is 0.270. The number of piperidine rings is 1. The third kappa shape index (κ3) is 2.88. The minimum Gasteiger partial charge on any atom is -0.316 e. The highest BCUT2D eigenvalue weighted by Crippen LogP contribution is 2.19. The lowest BCUT2D eigenvalue weighted by atomic mass is 9.98. The van der Waals surface area contributed by atoms with Crippen molar-refractivity contribution in [1.29, 1.82) is 0 Å².